The zero-order valence-corrected chi connectivity index (χ0v) is 12.5. The molecule has 0 aliphatic carbocycles. The highest BCUT2D eigenvalue weighted by Gasteiger charge is 2.18. The van der Waals surface area contributed by atoms with E-state index in [1.165, 1.54) is 0 Å². The second-order valence-corrected chi connectivity index (χ2v) is 4.59. The lowest BCUT2D eigenvalue weighted by Gasteiger charge is -2.17. The summed E-state index contributed by atoms with van der Waals surface area (Å²) < 4.78 is 0. The Morgan fingerprint density at radius 2 is 1.89 bits per heavy atom. The van der Waals surface area contributed by atoms with E-state index in [9.17, 15) is 9.59 Å². The molecule has 0 aromatic rings. The normalized spacial score (nSPS) is 13.2. The average Bonchev–Trinajstić information content (AvgIpc) is 2.31. The zero-order chi connectivity index (χ0) is 13.4. The first-order valence-electron chi connectivity index (χ1n) is 6.13. The predicted octanol–water partition coefficient (Wildman–Crippen LogP) is 0.766. The highest BCUT2D eigenvalue weighted by molar-refractivity contribution is 5.85. The summed E-state index contributed by atoms with van der Waals surface area (Å²) in [4.78, 5) is 24.4. The number of hydrogen-bond donors (Lipinski definition) is 2. The van der Waals surface area contributed by atoms with Crippen molar-refractivity contribution in [2.75, 3.05) is 20.6 Å². The highest BCUT2D eigenvalue weighted by atomic mass is 35.5. The molecule has 5 nitrogen and oxygen atoms in total. The van der Waals surface area contributed by atoms with E-state index in [2.05, 4.69) is 5.32 Å². The van der Waals surface area contributed by atoms with Gasteiger partial charge in [-0.3, -0.25) is 9.59 Å². The van der Waals surface area contributed by atoms with Crippen molar-refractivity contribution in [3.63, 3.8) is 0 Å². The second kappa shape index (κ2) is 10.1. The van der Waals surface area contributed by atoms with Gasteiger partial charge in [0.25, 0.3) is 0 Å². The van der Waals surface area contributed by atoms with Gasteiger partial charge in [0.15, 0.2) is 0 Å². The second-order valence-electron chi connectivity index (χ2n) is 4.59. The van der Waals surface area contributed by atoms with Crippen LogP contribution < -0.4 is 11.1 Å². The van der Waals surface area contributed by atoms with Crippen LogP contribution in [0, 0.1) is 5.92 Å². The third-order valence-electron chi connectivity index (χ3n) is 2.93. The van der Waals surface area contributed by atoms with Crippen molar-refractivity contribution in [3.05, 3.63) is 0 Å². The molecular formula is C12H26ClN3O2. The molecule has 0 aliphatic heterocycles. The molecule has 0 bridgehead atoms. The van der Waals surface area contributed by atoms with Crippen LogP contribution in [0.15, 0.2) is 0 Å². The molecule has 2 unspecified atom stereocenters. The third kappa shape index (κ3) is 7.50. The Kier molecular flexibility index (Phi) is 11.0. The Labute approximate surface area is 116 Å². The van der Waals surface area contributed by atoms with E-state index < -0.39 is 6.04 Å². The quantitative estimate of drug-likeness (QED) is 0.676. The van der Waals surface area contributed by atoms with E-state index in [4.69, 9.17) is 5.73 Å². The van der Waals surface area contributed by atoms with Crippen LogP contribution in [0.4, 0.5) is 0 Å². The first-order valence-corrected chi connectivity index (χ1v) is 6.13. The molecule has 0 rings (SSSR count). The Hall–Kier alpha value is -0.810. The standard InChI is InChI=1S/C12H25N3O2.ClH/c1-5-9(2)11(13)12(17)14-8-6-7-10(16)15(3)4;/h9,11H,5-8,13H2,1-4H3,(H,14,17);1H. The van der Waals surface area contributed by atoms with Gasteiger partial charge in [-0.1, -0.05) is 20.3 Å². The van der Waals surface area contributed by atoms with Gasteiger partial charge in [0.05, 0.1) is 6.04 Å². The number of nitrogens with zero attached hydrogens (tertiary/aromatic N) is 1. The van der Waals surface area contributed by atoms with Crippen molar-refractivity contribution in [2.45, 2.75) is 39.2 Å². The zero-order valence-electron chi connectivity index (χ0n) is 11.7. The largest absolute Gasteiger partial charge is 0.355 e. The summed E-state index contributed by atoms with van der Waals surface area (Å²) in [6, 6.07) is -0.454. The van der Waals surface area contributed by atoms with Gasteiger partial charge >= 0.3 is 0 Å². The Balaban J connectivity index is 0. The maximum absolute atomic E-state index is 11.6. The van der Waals surface area contributed by atoms with Crippen molar-refractivity contribution in [3.8, 4) is 0 Å². The Bertz CT molecular complexity index is 260. The number of nitrogens with one attached hydrogen (secondary N) is 1. The van der Waals surface area contributed by atoms with E-state index in [0.29, 0.717) is 19.4 Å². The lowest BCUT2D eigenvalue weighted by atomic mass is 9.99. The molecule has 0 saturated carbocycles. The molecule has 0 aromatic carbocycles. The summed E-state index contributed by atoms with van der Waals surface area (Å²) >= 11 is 0. The Morgan fingerprint density at radius 1 is 1.33 bits per heavy atom. The number of carbonyl (C=O) groups excluding carboxylic acids is 2. The fourth-order valence-corrected chi connectivity index (χ4v) is 1.31. The van der Waals surface area contributed by atoms with Crippen LogP contribution in [0.25, 0.3) is 0 Å². The van der Waals surface area contributed by atoms with Gasteiger partial charge in [-0.15, -0.1) is 12.4 Å². The van der Waals surface area contributed by atoms with Gasteiger partial charge in [0.2, 0.25) is 11.8 Å². The van der Waals surface area contributed by atoms with Crippen molar-refractivity contribution in [1.29, 1.82) is 0 Å². The van der Waals surface area contributed by atoms with Crippen molar-refractivity contribution in [1.82, 2.24) is 10.2 Å². The maximum atomic E-state index is 11.6. The number of amides is 2. The predicted molar refractivity (Wildman–Crippen MR) is 75.6 cm³/mol. The van der Waals surface area contributed by atoms with Gasteiger partial charge in [-0.05, 0) is 12.3 Å². The van der Waals surface area contributed by atoms with E-state index in [1.54, 1.807) is 19.0 Å². The first kappa shape index (κ1) is 19.5. The van der Waals surface area contributed by atoms with E-state index in [0.717, 1.165) is 6.42 Å². The molecule has 6 heteroatoms. The number of nitrogens with two attached hydrogens (primary N) is 1. The molecule has 108 valence electrons. The minimum absolute atomic E-state index is 0. The fourth-order valence-electron chi connectivity index (χ4n) is 1.31. The number of hydrogen-bond acceptors (Lipinski definition) is 3. The SMILES string of the molecule is CCC(C)C(N)C(=O)NCCCC(=O)N(C)C.Cl. The lowest BCUT2D eigenvalue weighted by molar-refractivity contribution is -0.129. The van der Waals surface area contributed by atoms with Crippen LogP contribution in [-0.2, 0) is 9.59 Å². The molecule has 18 heavy (non-hydrogen) atoms. The van der Waals surface area contributed by atoms with Crippen LogP contribution in [0.5, 0.6) is 0 Å². The monoisotopic (exact) mass is 279 g/mol. The minimum Gasteiger partial charge on any atom is -0.355 e. The summed E-state index contributed by atoms with van der Waals surface area (Å²) in [7, 11) is 3.44. The fraction of sp³-hybridized carbons (Fsp3) is 0.833. The van der Waals surface area contributed by atoms with E-state index >= 15 is 0 Å². The maximum Gasteiger partial charge on any atom is 0.237 e. The molecule has 0 aliphatic rings. The number of carbonyl (C=O) groups is 2. The van der Waals surface area contributed by atoms with Gasteiger partial charge in [0, 0.05) is 27.1 Å². The molecular weight excluding hydrogens is 254 g/mol. The van der Waals surface area contributed by atoms with Crippen LogP contribution in [0.3, 0.4) is 0 Å². The van der Waals surface area contributed by atoms with Crippen molar-refractivity contribution in [2.24, 2.45) is 11.7 Å². The Morgan fingerprint density at radius 3 is 2.33 bits per heavy atom. The van der Waals surface area contributed by atoms with Crippen molar-refractivity contribution >= 4 is 24.2 Å². The first-order chi connectivity index (χ1) is 7.90. The summed E-state index contributed by atoms with van der Waals surface area (Å²) in [5.74, 6) is 0.125. The molecule has 0 aromatic heterocycles. The van der Waals surface area contributed by atoms with Gasteiger partial charge in [-0.25, -0.2) is 0 Å². The van der Waals surface area contributed by atoms with E-state index in [1.807, 2.05) is 13.8 Å². The highest BCUT2D eigenvalue weighted by Crippen LogP contribution is 2.05. The van der Waals surface area contributed by atoms with Crippen LogP contribution in [-0.4, -0.2) is 43.4 Å². The summed E-state index contributed by atoms with van der Waals surface area (Å²) in [6.45, 7) is 4.47. The summed E-state index contributed by atoms with van der Waals surface area (Å²) in [5, 5.41) is 2.76. The molecule has 0 spiro atoms. The topological polar surface area (TPSA) is 75.4 Å². The smallest absolute Gasteiger partial charge is 0.237 e. The molecule has 2 atom stereocenters. The molecule has 2 amide bonds. The van der Waals surface area contributed by atoms with Crippen LogP contribution in [0.1, 0.15) is 33.1 Å². The summed E-state index contributed by atoms with van der Waals surface area (Å²) in [6.07, 6.45) is 1.98. The van der Waals surface area contributed by atoms with Crippen LogP contribution >= 0.6 is 12.4 Å². The number of rotatable bonds is 7. The van der Waals surface area contributed by atoms with Gasteiger partial charge in [-0.2, -0.15) is 0 Å². The molecule has 0 fully saturated rings. The molecule has 0 heterocycles. The summed E-state index contributed by atoms with van der Waals surface area (Å²) in [5.41, 5.74) is 5.77. The minimum atomic E-state index is -0.454. The lowest BCUT2D eigenvalue weighted by Crippen LogP contribution is -2.44. The molecule has 3 N–H and O–H groups in total. The van der Waals surface area contributed by atoms with Gasteiger partial charge in [0.1, 0.15) is 0 Å². The van der Waals surface area contributed by atoms with Gasteiger partial charge < -0.3 is 16.0 Å². The molecule has 0 radical (unpaired) electrons. The number of halogens is 1. The third-order valence-corrected chi connectivity index (χ3v) is 2.93. The average molecular weight is 280 g/mol. The van der Waals surface area contributed by atoms with Crippen LogP contribution in [0.2, 0.25) is 0 Å². The van der Waals surface area contributed by atoms with Crippen molar-refractivity contribution < 1.29 is 9.59 Å². The van der Waals surface area contributed by atoms with E-state index in [-0.39, 0.29) is 30.1 Å². The molecule has 0 saturated heterocycles.